The molecule has 39 heavy (non-hydrogen) atoms. The van der Waals surface area contributed by atoms with Crippen LogP contribution in [0.15, 0.2) is 89.7 Å². The summed E-state index contributed by atoms with van der Waals surface area (Å²) < 4.78 is 0. The highest BCUT2D eigenvalue weighted by atomic mass is 32.2. The number of amides is 1. The monoisotopic (exact) mass is 551 g/mol. The third-order valence-corrected chi connectivity index (χ3v) is 8.97. The van der Waals surface area contributed by atoms with Crippen LogP contribution < -0.4 is 4.90 Å². The van der Waals surface area contributed by atoms with Crippen LogP contribution in [0, 0.1) is 6.92 Å². The molecule has 6 heteroatoms. The minimum Gasteiger partial charge on any atom is -0.266 e. The van der Waals surface area contributed by atoms with Gasteiger partial charge in [-0.3, -0.25) is 9.69 Å². The van der Waals surface area contributed by atoms with Crippen LogP contribution in [0.5, 0.6) is 0 Å². The summed E-state index contributed by atoms with van der Waals surface area (Å²) in [5.41, 5.74) is 7.12. The first-order chi connectivity index (χ1) is 18.8. The molecule has 4 aromatic rings. The van der Waals surface area contributed by atoms with E-state index in [0.717, 1.165) is 32.3 Å². The van der Waals surface area contributed by atoms with Crippen molar-refractivity contribution in [2.75, 3.05) is 4.90 Å². The quantitative estimate of drug-likeness (QED) is 0.215. The molecule has 0 aliphatic carbocycles. The summed E-state index contributed by atoms with van der Waals surface area (Å²) in [4.78, 5) is 25.9. The van der Waals surface area contributed by atoms with Gasteiger partial charge in [0.25, 0.3) is 5.91 Å². The van der Waals surface area contributed by atoms with E-state index in [-0.39, 0.29) is 5.91 Å². The molecule has 1 aliphatic rings. The van der Waals surface area contributed by atoms with Crippen LogP contribution in [-0.4, -0.2) is 16.1 Å². The van der Waals surface area contributed by atoms with E-state index < -0.39 is 0 Å². The number of carbonyl (C=O) groups excluding carboxylic acids is 1. The number of carbonyl (C=O) groups is 1. The first-order valence-electron chi connectivity index (χ1n) is 13.3. The maximum atomic E-state index is 13.6. The summed E-state index contributed by atoms with van der Waals surface area (Å²) in [5.74, 6) is 1.55. The van der Waals surface area contributed by atoms with Crippen molar-refractivity contribution in [2.45, 2.75) is 52.2 Å². The number of benzene rings is 3. The molecule has 0 atom stereocenters. The average molecular weight is 552 g/mol. The van der Waals surface area contributed by atoms with E-state index in [2.05, 4.69) is 81.2 Å². The summed E-state index contributed by atoms with van der Waals surface area (Å²) in [5, 5.41) is 1.69. The maximum Gasteiger partial charge on any atom is 0.283 e. The zero-order chi connectivity index (χ0) is 27.5. The normalized spacial score (nSPS) is 14.6. The van der Waals surface area contributed by atoms with Crippen LogP contribution in [0.2, 0.25) is 0 Å². The van der Waals surface area contributed by atoms with E-state index in [1.54, 1.807) is 28.0 Å². The van der Waals surface area contributed by atoms with Crippen molar-refractivity contribution in [1.29, 1.82) is 0 Å². The van der Waals surface area contributed by atoms with Crippen molar-refractivity contribution < 1.29 is 4.79 Å². The fourth-order valence-corrected chi connectivity index (χ4v) is 6.26. The SMILES string of the molecule is Cc1ccc(N2C(=O)C(=Cc3ccc(C(C)C)cc3)N=C2SCc2cnc(-c3ccc(C(C)C)cc3)s2)cc1. The maximum absolute atomic E-state index is 13.6. The van der Waals surface area contributed by atoms with Gasteiger partial charge < -0.3 is 0 Å². The number of aliphatic imine (C=N–C) groups is 1. The van der Waals surface area contributed by atoms with Gasteiger partial charge >= 0.3 is 0 Å². The summed E-state index contributed by atoms with van der Waals surface area (Å²) in [6.45, 7) is 10.8. The number of rotatable bonds is 7. The Morgan fingerprint density at radius 3 is 2.10 bits per heavy atom. The topological polar surface area (TPSA) is 45.6 Å². The van der Waals surface area contributed by atoms with Gasteiger partial charge in [-0.2, -0.15) is 0 Å². The van der Waals surface area contributed by atoms with Crippen LogP contribution in [0.4, 0.5) is 5.69 Å². The second-order valence-corrected chi connectivity index (χ2v) is 12.5. The Kier molecular flexibility index (Phi) is 8.15. The van der Waals surface area contributed by atoms with Crippen molar-refractivity contribution >= 4 is 45.9 Å². The fraction of sp³-hybridized carbons (Fsp3) is 0.242. The number of aromatic nitrogens is 1. The molecule has 0 fully saturated rings. The van der Waals surface area contributed by atoms with Crippen molar-refractivity contribution in [3.63, 3.8) is 0 Å². The second-order valence-electron chi connectivity index (χ2n) is 10.4. The Balaban J connectivity index is 1.38. The highest BCUT2D eigenvalue weighted by Gasteiger charge is 2.32. The van der Waals surface area contributed by atoms with E-state index >= 15 is 0 Å². The molecule has 0 unspecified atom stereocenters. The lowest BCUT2D eigenvalue weighted by molar-refractivity contribution is -0.113. The molecule has 4 nitrogen and oxygen atoms in total. The van der Waals surface area contributed by atoms with E-state index in [9.17, 15) is 4.79 Å². The van der Waals surface area contributed by atoms with E-state index in [0.29, 0.717) is 28.5 Å². The zero-order valence-corrected chi connectivity index (χ0v) is 24.6. The number of thioether (sulfide) groups is 1. The highest BCUT2D eigenvalue weighted by Crippen LogP contribution is 2.34. The lowest BCUT2D eigenvalue weighted by Gasteiger charge is -2.17. The Morgan fingerprint density at radius 2 is 1.49 bits per heavy atom. The summed E-state index contributed by atoms with van der Waals surface area (Å²) in [6.07, 6.45) is 3.82. The average Bonchev–Trinajstić information content (AvgIpc) is 3.53. The van der Waals surface area contributed by atoms with Gasteiger partial charge in [0.05, 0.1) is 5.69 Å². The molecule has 0 N–H and O–H groups in total. The Hall–Kier alpha value is -3.48. The predicted octanol–water partition coefficient (Wildman–Crippen LogP) is 9.04. The number of hydrogen-bond acceptors (Lipinski definition) is 5. The standard InChI is InChI=1S/C33H33N3OS2/c1-21(2)25-10-8-24(9-11-25)18-30-32(37)36(28-16-6-23(5)7-17-28)33(35-30)38-20-29-19-34-31(39-29)27-14-12-26(13-15-27)22(3)4/h6-19,21-22H,20H2,1-5H3. The molecule has 0 radical (unpaired) electrons. The van der Waals surface area contributed by atoms with Crippen LogP contribution >= 0.6 is 23.1 Å². The van der Waals surface area contributed by atoms with E-state index in [1.807, 2.05) is 43.5 Å². The lowest BCUT2D eigenvalue weighted by Crippen LogP contribution is -2.30. The molecule has 1 amide bonds. The molecule has 198 valence electrons. The molecule has 0 spiro atoms. The van der Waals surface area contributed by atoms with Gasteiger partial charge in [-0.05, 0) is 53.7 Å². The third kappa shape index (κ3) is 6.23. The molecule has 1 aromatic heterocycles. The highest BCUT2D eigenvalue weighted by molar-refractivity contribution is 8.13. The van der Waals surface area contributed by atoms with Gasteiger partial charge in [0, 0.05) is 22.4 Å². The van der Waals surface area contributed by atoms with Crippen molar-refractivity contribution in [3.8, 4) is 10.6 Å². The number of anilines is 1. The molecule has 5 rings (SSSR count). The molecule has 0 saturated carbocycles. The van der Waals surface area contributed by atoms with Crippen molar-refractivity contribution in [1.82, 2.24) is 4.98 Å². The second kappa shape index (κ2) is 11.7. The molecular formula is C33H33N3OS2. The van der Waals surface area contributed by atoms with Gasteiger partial charge in [-0.15, -0.1) is 11.3 Å². The smallest absolute Gasteiger partial charge is 0.266 e. The van der Waals surface area contributed by atoms with Crippen LogP contribution in [0.1, 0.15) is 66.7 Å². The van der Waals surface area contributed by atoms with E-state index in [1.165, 1.54) is 11.1 Å². The van der Waals surface area contributed by atoms with Crippen LogP contribution in [0.3, 0.4) is 0 Å². The molecule has 1 aliphatic heterocycles. The minimum absolute atomic E-state index is 0.107. The van der Waals surface area contributed by atoms with Gasteiger partial charge in [-0.25, -0.2) is 9.98 Å². The first-order valence-corrected chi connectivity index (χ1v) is 15.1. The van der Waals surface area contributed by atoms with Crippen LogP contribution in [0.25, 0.3) is 16.6 Å². The summed E-state index contributed by atoms with van der Waals surface area (Å²) >= 11 is 3.25. The number of thiazole rings is 1. The zero-order valence-electron chi connectivity index (χ0n) is 23.0. The summed E-state index contributed by atoms with van der Waals surface area (Å²) in [6, 6.07) is 25.0. The lowest BCUT2D eigenvalue weighted by atomic mass is 10.0. The Labute approximate surface area is 239 Å². The number of nitrogens with zero attached hydrogens (tertiary/aromatic N) is 3. The first kappa shape index (κ1) is 27.1. The Bertz CT molecular complexity index is 1510. The minimum atomic E-state index is -0.107. The molecule has 3 aromatic carbocycles. The number of amidine groups is 1. The third-order valence-electron chi connectivity index (χ3n) is 6.75. The Morgan fingerprint density at radius 1 is 0.872 bits per heavy atom. The molecule has 2 heterocycles. The van der Waals surface area contributed by atoms with E-state index in [4.69, 9.17) is 4.99 Å². The van der Waals surface area contributed by atoms with Gasteiger partial charge in [0.1, 0.15) is 10.7 Å². The number of aryl methyl sites for hydroxylation is 1. The molecular weight excluding hydrogens is 519 g/mol. The fourth-order valence-electron chi connectivity index (χ4n) is 4.30. The van der Waals surface area contributed by atoms with Crippen molar-refractivity contribution in [3.05, 3.63) is 112 Å². The van der Waals surface area contributed by atoms with Gasteiger partial charge in [0.15, 0.2) is 5.17 Å². The number of hydrogen-bond donors (Lipinski definition) is 0. The van der Waals surface area contributed by atoms with Gasteiger partial charge in [0.2, 0.25) is 0 Å². The molecule has 0 saturated heterocycles. The van der Waals surface area contributed by atoms with Crippen LogP contribution in [-0.2, 0) is 10.5 Å². The van der Waals surface area contributed by atoms with Gasteiger partial charge in [-0.1, -0.05) is 106 Å². The van der Waals surface area contributed by atoms with Crippen molar-refractivity contribution in [2.24, 2.45) is 4.99 Å². The largest absolute Gasteiger partial charge is 0.283 e. The molecule has 0 bridgehead atoms. The summed E-state index contributed by atoms with van der Waals surface area (Å²) in [7, 11) is 0. The predicted molar refractivity (Wildman–Crippen MR) is 168 cm³/mol.